The van der Waals surface area contributed by atoms with Crippen molar-refractivity contribution in [2.75, 3.05) is 18.9 Å². The fourth-order valence-electron chi connectivity index (χ4n) is 3.78. The van der Waals surface area contributed by atoms with E-state index in [1.807, 2.05) is 19.1 Å². The van der Waals surface area contributed by atoms with Gasteiger partial charge in [0.25, 0.3) is 0 Å². The Balaban J connectivity index is 1.65. The van der Waals surface area contributed by atoms with Gasteiger partial charge in [-0.3, -0.25) is 0 Å². The van der Waals surface area contributed by atoms with Gasteiger partial charge in [-0.25, -0.2) is 14.3 Å². The molecule has 2 aromatic heterocycles. The highest BCUT2D eigenvalue weighted by Gasteiger charge is 2.57. The van der Waals surface area contributed by atoms with Crippen molar-refractivity contribution in [2.45, 2.75) is 50.1 Å². The number of aromatic nitrogens is 3. The number of carbonyl (C=O) groups is 1. The number of hydrogen-bond donors (Lipinski definition) is 3. The topological polar surface area (TPSA) is 165 Å². The van der Waals surface area contributed by atoms with Crippen LogP contribution in [0.1, 0.15) is 31.9 Å². The molecular weight excluding hydrogens is 418 g/mol. The largest absolute Gasteiger partial charge is 0.508 e. The number of carbonyl (C=O) groups excluding carboxylic acids is 1. The number of hydrogen-bond acceptors (Lipinski definition) is 10. The third kappa shape index (κ3) is 4.38. The van der Waals surface area contributed by atoms with E-state index < -0.39 is 36.7 Å². The van der Waals surface area contributed by atoms with Gasteiger partial charge in [-0.2, -0.15) is 10.4 Å². The molecule has 32 heavy (non-hydrogen) atoms. The van der Waals surface area contributed by atoms with Gasteiger partial charge in [-0.15, -0.1) is 6.58 Å². The normalized spacial score (nSPS) is 25.9. The molecule has 3 rings (SSSR count). The van der Waals surface area contributed by atoms with Crippen LogP contribution in [0.15, 0.2) is 31.1 Å². The lowest BCUT2D eigenvalue weighted by atomic mass is 9.92. The fraction of sp³-hybridized carbons (Fsp3) is 0.524. The molecule has 2 aromatic rings. The molecule has 11 nitrogen and oxygen atoms in total. The minimum atomic E-state index is -1.95. The average Bonchev–Trinajstić information content (AvgIpc) is 3.33. The highest BCUT2D eigenvalue weighted by Crippen LogP contribution is 2.40. The summed E-state index contributed by atoms with van der Waals surface area (Å²) in [4.78, 5) is 15.8. The van der Waals surface area contributed by atoms with Gasteiger partial charge in [-0.05, 0) is 30.9 Å². The molecule has 0 bridgehead atoms. The third-order valence-electron chi connectivity index (χ3n) is 5.68. The molecule has 1 aliphatic heterocycles. The Morgan fingerprint density at radius 3 is 2.97 bits per heavy atom. The lowest BCUT2D eigenvalue weighted by Gasteiger charge is -2.24. The Bertz CT molecular complexity index is 1000. The van der Waals surface area contributed by atoms with Crippen molar-refractivity contribution in [2.24, 2.45) is 5.92 Å². The Labute approximate surface area is 185 Å². The first kappa shape index (κ1) is 23.5. The predicted molar refractivity (Wildman–Crippen MR) is 112 cm³/mol. The second-order valence-corrected chi connectivity index (χ2v) is 7.60. The smallest absolute Gasteiger partial charge is 0.434 e. The lowest BCUT2D eigenvalue weighted by molar-refractivity contribution is -0.0721. The van der Waals surface area contributed by atoms with E-state index in [9.17, 15) is 20.3 Å². The van der Waals surface area contributed by atoms with Crippen LogP contribution in [0.4, 0.5) is 10.6 Å². The molecular formula is C21H27N5O6. The van der Waals surface area contributed by atoms with E-state index in [0.29, 0.717) is 17.9 Å². The number of aliphatic hydroxyl groups is 2. The zero-order chi connectivity index (χ0) is 23.3. The minimum Gasteiger partial charge on any atom is -0.434 e. The Morgan fingerprint density at radius 2 is 2.28 bits per heavy atom. The van der Waals surface area contributed by atoms with Gasteiger partial charge in [0.2, 0.25) is 5.60 Å². The summed E-state index contributed by atoms with van der Waals surface area (Å²) in [5, 5.41) is 35.0. The summed E-state index contributed by atoms with van der Waals surface area (Å²) in [6, 6.07) is 5.00. The Hall–Kier alpha value is -3.20. The molecule has 0 spiro atoms. The van der Waals surface area contributed by atoms with Crippen molar-refractivity contribution in [1.82, 2.24) is 14.6 Å². The molecule has 1 aliphatic rings. The van der Waals surface area contributed by atoms with Gasteiger partial charge in [0.1, 0.15) is 42.8 Å². The van der Waals surface area contributed by atoms with Crippen LogP contribution in [0.25, 0.3) is 5.52 Å². The second-order valence-electron chi connectivity index (χ2n) is 7.60. The number of ether oxygens (including phenoxy) is 3. The predicted octanol–water partition coefficient (Wildman–Crippen LogP) is 1.30. The highest BCUT2D eigenvalue weighted by atomic mass is 16.7. The molecule has 1 fully saturated rings. The molecule has 5 atom stereocenters. The SMILES string of the molecule is C=CCC(CC)CCOC(=O)OC[C@H]1O[C@@](C#N)(c2ccc3c(N)ncnn23)[C@H](O)[C@@H]1O. The van der Waals surface area contributed by atoms with E-state index in [0.717, 1.165) is 12.8 Å². The molecule has 1 saturated heterocycles. The van der Waals surface area contributed by atoms with Crippen LogP contribution in [0.3, 0.4) is 0 Å². The van der Waals surface area contributed by atoms with E-state index in [1.54, 1.807) is 6.07 Å². The zero-order valence-electron chi connectivity index (χ0n) is 17.8. The molecule has 1 unspecified atom stereocenters. The quantitative estimate of drug-likeness (QED) is 0.378. The molecule has 11 heteroatoms. The molecule has 3 heterocycles. The number of fused-ring (bicyclic) bond motifs is 1. The molecule has 4 N–H and O–H groups in total. The summed E-state index contributed by atoms with van der Waals surface area (Å²) in [5.74, 6) is 0.537. The molecule has 172 valence electrons. The van der Waals surface area contributed by atoms with Gasteiger partial charge >= 0.3 is 6.16 Å². The summed E-state index contributed by atoms with van der Waals surface area (Å²) in [5.41, 5.74) is 4.44. The zero-order valence-corrected chi connectivity index (χ0v) is 17.8. The molecule has 0 saturated carbocycles. The number of nitrogens with two attached hydrogens (primary N) is 1. The average molecular weight is 445 g/mol. The van der Waals surface area contributed by atoms with Crippen LogP contribution < -0.4 is 5.73 Å². The number of rotatable bonds is 9. The fourth-order valence-corrected chi connectivity index (χ4v) is 3.78. The lowest BCUT2D eigenvalue weighted by Crippen LogP contribution is -2.41. The van der Waals surface area contributed by atoms with E-state index in [1.165, 1.54) is 16.9 Å². The maximum Gasteiger partial charge on any atom is 0.508 e. The first-order valence-corrected chi connectivity index (χ1v) is 10.3. The van der Waals surface area contributed by atoms with Gasteiger partial charge in [0.15, 0.2) is 5.82 Å². The van der Waals surface area contributed by atoms with Crippen molar-refractivity contribution in [1.29, 1.82) is 5.26 Å². The summed E-state index contributed by atoms with van der Waals surface area (Å²) in [6.45, 7) is 5.53. The second kappa shape index (κ2) is 9.95. The van der Waals surface area contributed by atoms with Crippen molar-refractivity contribution in [3.8, 4) is 6.07 Å². The van der Waals surface area contributed by atoms with Crippen molar-refractivity contribution in [3.63, 3.8) is 0 Å². The van der Waals surface area contributed by atoms with Crippen molar-refractivity contribution >= 4 is 17.5 Å². The molecule has 0 aromatic carbocycles. The Kier molecular flexibility index (Phi) is 7.29. The number of aliphatic hydroxyl groups excluding tert-OH is 2. The number of allylic oxidation sites excluding steroid dienone is 1. The van der Waals surface area contributed by atoms with Crippen molar-refractivity contribution < 1.29 is 29.2 Å². The molecule has 0 amide bonds. The van der Waals surface area contributed by atoms with Crippen LogP contribution in [0.2, 0.25) is 0 Å². The standard InChI is InChI=1S/C21H27N5O6/c1-3-5-13(4-2)8-9-30-20(29)31-10-15-17(27)18(28)21(11-22,32-15)16-7-6-14-19(23)24-12-25-26(14)16/h3,6-7,12-13,15,17-18,27-28H,1,4-5,8-10H2,2H3,(H2,23,24,25)/t13?,15-,17-,18-,21+/m1/s1. The number of nitriles is 1. The number of nitrogens with zero attached hydrogens (tertiary/aromatic N) is 4. The summed E-state index contributed by atoms with van der Waals surface area (Å²) in [6.07, 6.45) is 0.249. The third-order valence-corrected chi connectivity index (χ3v) is 5.68. The first-order chi connectivity index (χ1) is 15.4. The van der Waals surface area contributed by atoms with E-state index in [-0.39, 0.29) is 18.1 Å². The van der Waals surface area contributed by atoms with Crippen molar-refractivity contribution in [3.05, 3.63) is 36.8 Å². The van der Waals surface area contributed by atoms with Gasteiger partial charge in [-0.1, -0.05) is 19.4 Å². The van der Waals surface area contributed by atoms with E-state index >= 15 is 0 Å². The van der Waals surface area contributed by atoms with Crippen LogP contribution >= 0.6 is 0 Å². The van der Waals surface area contributed by atoms with Gasteiger partial charge in [0, 0.05) is 0 Å². The summed E-state index contributed by atoms with van der Waals surface area (Å²) in [7, 11) is 0. The van der Waals surface area contributed by atoms with Crippen LogP contribution in [-0.4, -0.2) is 62.5 Å². The van der Waals surface area contributed by atoms with Gasteiger partial charge in [0.05, 0.1) is 12.3 Å². The van der Waals surface area contributed by atoms with Gasteiger partial charge < -0.3 is 30.2 Å². The van der Waals surface area contributed by atoms with Crippen LogP contribution in [0, 0.1) is 17.2 Å². The summed E-state index contributed by atoms with van der Waals surface area (Å²) < 4.78 is 17.2. The molecule has 0 radical (unpaired) electrons. The number of nitrogen functional groups attached to an aromatic ring is 1. The maximum absolute atomic E-state index is 11.9. The van der Waals surface area contributed by atoms with Crippen LogP contribution in [0.5, 0.6) is 0 Å². The highest BCUT2D eigenvalue weighted by molar-refractivity contribution is 5.66. The minimum absolute atomic E-state index is 0.161. The van der Waals surface area contributed by atoms with Crippen LogP contribution in [-0.2, 0) is 19.8 Å². The monoisotopic (exact) mass is 445 g/mol. The maximum atomic E-state index is 11.9. The Morgan fingerprint density at radius 1 is 1.50 bits per heavy atom. The summed E-state index contributed by atoms with van der Waals surface area (Å²) >= 11 is 0. The van der Waals surface area contributed by atoms with E-state index in [2.05, 4.69) is 16.7 Å². The number of anilines is 1. The van der Waals surface area contributed by atoms with E-state index in [4.69, 9.17) is 19.9 Å². The first-order valence-electron chi connectivity index (χ1n) is 10.3. The molecule has 0 aliphatic carbocycles.